The van der Waals surface area contributed by atoms with E-state index in [-0.39, 0.29) is 35.7 Å². The van der Waals surface area contributed by atoms with Crippen LogP contribution in [0.15, 0.2) is 4.42 Å². The fourth-order valence-corrected chi connectivity index (χ4v) is 4.67. The minimum absolute atomic E-state index is 0.0204. The van der Waals surface area contributed by atoms with Gasteiger partial charge in [-0.2, -0.15) is 0 Å². The molecule has 4 heterocycles. The summed E-state index contributed by atoms with van der Waals surface area (Å²) in [7, 11) is 0. The van der Waals surface area contributed by atoms with Gasteiger partial charge in [-0.05, 0) is 12.8 Å². The molecule has 7 nitrogen and oxygen atoms in total. The highest BCUT2D eigenvalue weighted by Gasteiger charge is 2.48. The first-order valence-electron chi connectivity index (χ1n) is 9.78. The van der Waals surface area contributed by atoms with Crippen molar-refractivity contribution in [2.24, 2.45) is 5.92 Å². The Labute approximate surface area is 154 Å². The van der Waals surface area contributed by atoms with Gasteiger partial charge < -0.3 is 19.5 Å². The lowest BCUT2D eigenvalue weighted by Gasteiger charge is -2.35. The van der Waals surface area contributed by atoms with E-state index >= 15 is 0 Å². The van der Waals surface area contributed by atoms with Gasteiger partial charge in [0.1, 0.15) is 11.5 Å². The molecule has 2 fully saturated rings. The fourth-order valence-electron chi connectivity index (χ4n) is 4.67. The zero-order valence-corrected chi connectivity index (χ0v) is 15.8. The van der Waals surface area contributed by atoms with E-state index in [1.165, 1.54) is 0 Å². The highest BCUT2D eigenvalue weighted by Crippen LogP contribution is 2.35. The highest BCUT2D eigenvalue weighted by atomic mass is 16.4. The van der Waals surface area contributed by atoms with Gasteiger partial charge in [-0.25, -0.2) is 4.98 Å². The molecule has 3 aliphatic rings. The molecule has 142 valence electrons. The van der Waals surface area contributed by atoms with Gasteiger partial charge in [0.25, 0.3) is 0 Å². The fraction of sp³-hybridized carbons (Fsp3) is 0.737. The van der Waals surface area contributed by atoms with Crippen LogP contribution in [0.25, 0.3) is 0 Å². The van der Waals surface area contributed by atoms with Crippen molar-refractivity contribution in [1.29, 1.82) is 0 Å². The molecule has 0 spiro atoms. The minimum atomic E-state index is -0.105. The molecule has 1 aromatic heterocycles. The Morgan fingerprint density at radius 1 is 1.42 bits per heavy atom. The molecule has 0 bridgehead atoms. The van der Waals surface area contributed by atoms with Gasteiger partial charge in [-0.1, -0.05) is 20.8 Å². The Hall–Kier alpha value is -1.89. The Morgan fingerprint density at radius 3 is 2.96 bits per heavy atom. The van der Waals surface area contributed by atoms with Crippen LogP contribution in [0.5, 0.6) is 0 Å². The average Bonchev–Trinajstić information content (AvgIpc) is 3.22. The first-order chi connectivity index (χ1) is 12.5. The largest absolute Gasteiger partial charge is 0.445 e. The molecule has 0 unspecified atom stereocenters. The predicted molar refractivity (Wildman–Crippen MR) is 95.4 cm³/mol. The molecule has 26 heavy (non-hydrogen) atoms. The number of hydrogen-bond donors (Lipinski definition) is 1. The molecule has 2 amide bonds. The van der Waals surface area contributed by atoms with E-state index < -0.39 is 0 Å². The van der Waals surface area contributed by atoms with E-state index in [9.17, 15) is 9.59 Å². The zero-order valence-electron chi connectivity index (χ0n) is 15.8. The monoisotopic (exact) mass is 360 g/mol. The van der Waals surface area contributed by atoms with Crippen LogP contribution in [0.4, 0.5) is 0 Å². The van der Waals surface area contributed by atoms with Gasteiger partial charge in [0.05, 0.1) is 19.0 Å². The van der Waals surface area contributed by atoms with Gasteiger partial charge >= 0.3 is 0 Å². The lowest BCUT2D eigenvalue weighted by Crippen LogP contribution is -2.55. The van der Waals surface area contributed by atoms with Crippen LogP contribution in [-0.2, 0) is 22.6 Å². The van der Waals surface area contributed by atoms with Gasteiger partial charge in [0.15, 0.2) is 5.89 Å². The number of rotatable bonds is 3. The molecule has 4 rings (SSSR count). The molecule has 7 heteroatoms. The van der Waals surface area contributed by atoms with Crippen LogP contribution in [0.1, 0.15) is 56.9 Å². The summed E-state index contributed by atoms with van der Waals surface area (Å²) in [5, 5.41) is 3.18. The molecule has 1 N–H and O–H groups in total. The molecule has 0 aliphatic carbocycles. The third-order valence-electron chi connectivity index (χ3n) is 5.97. The molecular formula is C19H28N4O3. The number of oxazole rings is 1. The molecule has 0 aromatic carbocycles. The Balaban J connectivity index is 1.51. The third-order valence-corrected chi connectivity index (χ3v) is 5.97. The van der Waals surface area contributed by atoms with Crippen molar-refractivity contribution in [3.05, 3.63) is 17.3 Å². The third kappa shape index (κ3) is 2.82. The summed E-state index contributed by atoms with van der Waals surface area (Å²) in [5.74, 6) is 2.12. The van der Waals surface area contributed by atoms with Crippen LogP contribution >= 0.6 is 0 Å². The zero-order chi connectivity index (χ0) is 18.4. The average molecular weight is 360 g/mol. The van der Waals surface area contributed by atoms with E-state index in [1.54, 1.807) is 0 Å². The molecule has 2 saturated heterocycles. The van der Waals surface area contributed by atoms with Crippen molar-refractivity contribution >= 4 is 11.8 Å². The maximum absolute atomic E-state index is 13.3. The second-order valence-electron chi connectivity index (χ2n) is 7.99. The van der Waals surface area contributed by atoms with Crippen molar-refractivity contribution in [2.45, 2.75) is 64.6 Å². The quantitative estimate of drug-likeness (QED) is 0.879. The molecule has 3 aliphatic heterocycles. The lowest BCUT2D eigenvalue weighted by atomic mass is 9.94. The van der Waals surface area contributed by atoms with Crippen molar-refractivity contribution < 1.29 is 14.0 Å². The van der Waals surface area contributed by atoms with Gasteiger partial charge in [-0.3, -0.25) is 9.59 Å². The Bertz CT molecular complexity index is 714. The van der Waals surface area contributed by atoms with Crippen molar-refractivity contribution in [3.63, 3.8) is 0 Å². The number of carbonyl (C=O) groups excluding carboxylic acids is 2. The van der Waals surface area contributed by atoms with Gasteiger partial charge in [0.2, 0.25) is 11.8 Å². The number of nitrogens with one attached hydrogen (secondary N) is 1. The van der Waals surface area contributed by atoms with Crippen LogP contribution < -0.4 is 5.32 Å². The minimum Gasteiger partial charge on any atom is -0.445 e. The SMILES string of the molecule is CC[C@@H]1[C@H](C(=O)N2CCc3oc(C(C)C)nc3C2)C[C@@H]2CNCC(=O)N21. The Morgan fingerprint density at radius 2 is 2.23 bits per heavy atom. The smallest absolute Gasteiger partial charge is 0.237 e. The van der Waals surface area contributed by atoms with Crippen LogP contribution in [0.2, 0.25) is 0 Å². The van der Waals surface area contributed by atoms with E-state index in [2.05, 4.69) is 31.1 Å². The van der Waals surface area contributed by atoms with Crippen LogP contribution in [0, 0.1) is 5.92 Å². The van der Waals surface area contributed by atoms with E-state index in [4.69, 9.17) is 4.42 Å². The number of carbonyl (C=O) groups is 2. The number of fused-ring (bicyclic) bond motifs is 2. The number of nitrogens with zero attached hydrogens (tertiary/aromatic N) is 3. The summed E-state index contributed by atoms with van der Waals surface area (Å²) in [6, 6.07) is 0.169. The van der Waals surface area contributed by atoms with Crippen LogP contribution in [0.3, 0.4) is 0 Å². The van der Waals surface area contributed by atoms with Gasteiger partial charge in [-0.15, -0.1) is 0 Å². The lowest BCUT2D eigenvalue weighted by molar-refractivity contribution is -0.139. The molecule has 3 atom stereocenters. The highest BCUT2D eigenvalue weighted by molar-refractivity contribution is 5.85. The first-order valence-corrected chi connectivity index (χ1v) is 9.78. The van der Waals surface area contributed by atoms with E-state index in [0.717, 1.165) is 43.2 Å². The summed E-state index contributed by atoms with van der Waals surface area (Å²) in [6.45, 7) is 8.56. The van der Waals surface area contributed by atoms with Gasteiger partial charge in [0, 0.05) is 37.5 Å². The van der Waals surface area contributed by atoms with Crippen molar-refractivity contribution in [2.75, 3.05) is 19.6 Å². The molecular weight excluding hydrogens is 332 g/mol. The van der Waals surface area contributed by atoms with Crippen LogP contribution in [-0.4, -0.2) is 58.3 Å². The summed E-state index contributed by atoms with van der Waals surface area (Å²) >= 11 is 0. The summed E-state index contributed by atoms with van der Waals surface area (Å²) in [6.07, 6.45) is 2.30. The standard InChI is InChI=1S/C19H28N4O3/c1-4-15-13(7-12-8-20-9-17(24)23(12)15)19(25)22-6-5-16-14(10-22)21-18(26-16)11(2)3/h11-13,15,20H,4-10H2,1-3H3/t12-,13-,15-/m1/s1. The first kappa shape index (κ1) is 17.5. The second kappa shape index (κ2) is 6.68. The predicted octanol–water partition coefficient (Wildman–Crippen LogP) is 1.28. The Kier molecular flexibility index (Phi) is 4.50. The summed E-state index contributed by atoms with van der Waals surface area (Å²) in [4.78, 5) is 34.1. The number of amides is 2. The number of piperazine rings is 1. The number of aromatic nitrogens is 1. The molecule has 1 aromatic rings. The van der Waals surface area contributed by atoms with E-state index in [0.29, 0.717) is 19.6 Å². The molecule has 0 radical (unpaired) electrons. The van der Waals surface area contributed by atoms with Crippen molar-refractivity contribution in [1.82, 2.24) is 20.1 Å². The summed E-state index contributed by atoms with van der Waals surface area (Å²) in [5.41, 5.74) is 0.898. The molecule has 0 saturated carbocycles. The topological polar surface area (TPSA) is 78.7 Å². The summed E-state index contributed by atoms with van der Waals surface area (Å²) < 4.78 is 5.84. The van der Waals surface area contributed by atoms with E-state index in [1.807, 2.05) is 9.80 Å². The maximum Gasteiger partial charge on any atom is 0.237 e. The number of hydrogen-bond acceptors (Lipinski definition) is 5. The second-order valence-corrected chi connectivity index (χ2v) is 7.99. The maximum atomic E-state index is 13.3. The van der Waals surface area contributed by atoms with Crippen molar-refractivity contribution in [3.8, 4) is 0 Å². The normalized spacial score (nSPS) is 28.5.